The van der Waals surface area contributed by atoms with Gasteiger partial charge in [-0.25, -0.2) is 0 Å². The summed E-state index contributed by atoms with van der Waals surface area (Å²) in [6.45, 7) is 0.521. The Balaban J connectivity index is 2.14. The van der Waals surface area contributed by atoms with E-state index in [1.165, 1.54) is 7.11 Å². The molecule has 0 bridgehead atoms. The highest BCUT2D eigenvalue weighted by molar-refractivity contribution is 5.46. The van der Waals surface area contributed by atoms with Gasteiger partial charge in [-0.05, 0) is 12.1 Å². The van der Waals surface area contributed by atoms with E-state index < -0.39 is 0 Å². The van der Waals surface area contributed by atoms with E-state index in [2.05, 4.69) is 15.3 Å². The van der Waals surface area contributed by atoms with Crippen molar-refractivity contribution in [1.82, 2.24) is 9.97 Å². The summed E-state index contributed by atoms with van der Waals surface area (Å²) in [5, 5.41) is 3.16. The summed E-state index contributed by atoms with van der Waals surface area (Å²) >= 11 is 0. The third kappa shape index (κ3) is 3.65. The van der Waals surface area contributed by atoms with Gasteiger partial charge in [-0.1, -0.05) is 0 Å². The fourth-order valence-corrected chi connectivity index (χ4v) is 1.82. The standard InChI is InChI=1S/C14H18N4O3/c1-19-10-5-4-9(11(6-10)20-2)8-16-12-7-13(21-3)18-14(15)17-12/h4-7H,8H2,1-3H3,(H3,15,16,17,18). The Morgan fingerprint density at radius 1 is 1.05 bits per heavy atom. The number of nitrogens with one attached hydrogen (secondary N) is 1. The summed E-state index contributed by atoms with van der Waals surface area (Å²) in [7, 11) is 4.75. The van der Waals surface area contributed by atoms with Crippen LogP contribution in [0.25, 0.3) is 0 Å². The average Bonchev–Trinajstić information content (AvgIpc) is 2.52. The third-order valence-electron chi connectivity index (χ3n) is 2.88. The molecular weight excluding hydrogens is 272 g/mol. The summed E-state index contributed by atoms with van der Waals surface area (Å²) in [5.41, 5.74) is 6.58. The minimum atomic E-state index is 0.151. The van der Waals surface area contributed by atoms with Crippen LogP contribution in [0.1, 0.15) is 5.56 Å². The molecule has 3 N–H and O–H groups in total. The van der Waals surface area contributed by atoms with Gasteiger partial charge in [-0.2, -0.15) is 9.97 Å². The van der Waals surface area contributed by atoms with E-state index in [1.54, 1.807) is 20.3 Å². The third-order valence-corrected chi connectivity index (χ3v) is 2.88. The molecule has 0 aliphatic carbocycles. The van der Waals surface area contributed by atoms with Crippen molar-refractivity contribution < 1.29 is 14.2 Å². The molecule has 0 amide bonds. The SMILES string of the molecule is COc1ccc(CNc2cc(OC)nc(N)n2)c(OC)c1. The molecule has 7 nitrogen and oxygen atoms in total. The van der Waals surface area contributed by atoms with E-state index in [9.17, 15) is 0 Å². The van der Waals surface area contributed by atoms with Gasteiger partial charge in [0.1, 0.15) is 17.3 Å². The number of aromatic nitrogens is 2. The van der Waals surface area contributed by atoms with Crippen molar-refractivity contribution in [2.45, 2.75) is 6.54 Å². The molecule has 0 unspecified atom stereocenters. The molecule has 1 aromatic heterocycles. The van der Waals surface area contributed by atoms with Gasteiger partial charge in [0.2, 0.25) is 11.8 Å². The van der Waals surface area contributed by atoms with Gasteiger partial charge in [0, 0.05) is 24.2 Å². The molecular formula is C14H18N4O3. The van der Waals surface area contributed by atoms with Crippen molar-refractivity contribution in [3.63, 3.8) is 0 Å². The highest BCUT2D eigenvalue weighted by Gasteiger charge is 2.07. The number of hydrogen-bond donors (Lipinski definition) is 2. The van der Waals surface area contributed by atoms with Crippen LogP contribution in [0.3, 0.4) is 0 Å². The molecule has 7 heteroatoms. The van der Waals surface area contributed by atoms with E-state index in [4.69, 9.17) is 19.9 Å². The number of hydrogen-bond acceptors (Lipinski definition) is 7. The number of nitrogens with two attached hydrogens (primary N) is 1. The molecule has 1 aromatic carbocycles. The lowest BCUT2D eigenvalue weighted by Crippen LogP contribution is -2.06. The minimum Gasteiger partial charge on any atom is -0.497 e. The second kappa shape index (κ2) is 6.65. The van der Waals surface area contributed by atoms with E-state index in [1.807, 2.05) is 18.2 Å². The topological polar surface area (TPSA) is 91.5 Å². The van der Waals surface area contributed by atoms with Gasteiger partial charge in [-0.3, -0.25) is 0 Å². The monoisotopic (exact) mass is 290 g/mol. The van der Waals surface area contributed by atoms with Gasteiger partial charge >= 0.3 is 0 Å². The van der Waals surface area contributed by atoms with Crippen LogP contribution in [0.2, 0.25) is 0 Å². The summed E-state index contributed by atoms with van der Waals surface area (Å²) in [5.74, 6) is 2.61. The number of nitrogens with zero attached hydrogens (tertiary/aromatic N) is 2. The Morgan fingerprint density at radius 2 is 1.86 bits per heavy atom. The second-order valence-corrected chi connectivity index (χ2v) is 4.19. The van der Waals surface area contributed by atoms with Crippen LogP contribution in [-0.2, 0) is 6.54 Å². The maximum Gasteiger partial charge on any atom is 0.225 e. The zero-order valence-corrected chi connectivity index (χ0v) is 12.2. The highest BCUT2D eigenvalue weighted by atomic mass is 16.5. The van der Waals surface area contributed by atoms with Gasteiger partial charge in [0.15, 0.2) is 0 Å². The molecule has 2 rings (SSSR count). The van der Waals surface area contributed by atoms with Crippen molar-refractivity contribution in [2.24, 2.45) is 0 Å². The van der Waals surface area contributed by atoms with Crippen LogP contribution in [0.15, 0.2) is 24.3 Å². The number of ether oxygens (including phenoxy) is 3. The van der Waals surface area contributed by atoms with Gasteiger partial charge in [0.25, 0.3) is 0 Å². The molecule has 0 fully saturated rings. The van der Waals surface area contributed by atoms with Crippen molar-refractivity contribution in [3.05, 3.63) is 29.8 Å². The summed E-state index contributed by atoms with van der Waals surface area (Å²) in [6, 6.07) is 7.29. The van der Waals surface area contributed by atoms with Crippen molar-refractivity contribution >= 4 is 11.8 Å². The van der Waals surface area contributed by atoms with Crippen molar-refractivity contribution in [2.75, 3.05) is 32.4 Å². The molecule has 21 heavy (non-hydrogen) atoms. The predicted molar refractivity (Wildman–Crippen MR) is 79.9 cm³/mol. The lowest BCUT2D eigenvalue weighted by Gasteiger charge is -2.12. The Morgan fingerprint density at radius 3 is 2.52 bits per heavy atom. The van der Waals surface area contributed by atoms with Gasteiger partial charge in [0.05, 0.1) is 21.3 Å². The number of rotatable bonds is 6. The smallest absolute Gasteiger partial charge is 0.225 e. The van der Waals surface area contributed by atoms with E-state index in [0.717, 1.165) is 17.1 Å². The molecule has 0 atom stereocenters. The lowest BCUT2D eigenvalue weighted by molar-refractivity contribution is 0.391. The van der Waals surface area contributed by atoms with Crippen LogP contribution in [0.4, 0.5) is 11.8 Å². The van der Waals surface area contributed by atoms with Crippen molar-refractivity contribution in [3.8, 4) is 17.4 Å². The molecule has 1 heterocycles. The number of nitrogen functional groups attached to an aromatic ring is 1. The van der Waals surface area contributed by atoms with Crippen LogP contribution >= 0.6 is 0 Å². The Kier molecular flexibility index (Phi) is 4.65. The first-order valence-corrected chi connectivity index (χ1v) is 6.29. The maximum absolute atomic E-state index is 5.61. The van der Waals surface area contributed by atoms with Crippen LogP contribution in [0, 0.1) is 0 Å². The number of methoxy groups -OCH3 is 3. The van der Waals surface area contributed by atoms with E-state index in [-0.39, 0.29) is 5.95 Å². The normalized spacial score (nSPS) is 10.0. The number of anilines is 2. The maximum atomic E-state index is 5.61. The zero-order chi connectivity index (χ0) is 15.2. The Bertz CT molecular complexity index is 619. The van der Waals surface area contributed by atoms with Gasteiger partial charge in [-0.15, -0.1) is 0 Å². The summed E-state index contributed by atoms with van der Waals surface area (Å²) in [6.07, 6.45) is 0. The predicted octanol–water partition coefficient (Wildman–Crippen LogP) is 1.70. The minimum absolute atomic E-state index is 0.151. The van der Waals surface area contributed by atoms with Crippen LogP contribution < -0.4 is 25.3 Å². The zero-order valence-electron chi connectivity index (χ0n) is 12.2. The summed E-state index contributed by atoms with van der Waals surface area (Å²) < 4.78 is 15.6. The molecule has 2 aromatic rings. The molecule has 0 saturated carbocycles. The second-order valence-electron chi connectivity index (χ2n) is 4.19. The quantitative estimate of drug-likeness (QED) is 0.836. The molecule has 112 valence electrons. The fraction of sp³-hybridized carbons (Fsp3) is 0.286. The molecule has 0 radical (unpaired) electrons. The molecule has 0 aliphatic rings. The number of benzene rings is 1. The molecule has 0 aliphatic heterocycles. The van der Waals surface area contributed by atoms with Crippen LogP contribution in [-0.4, -0.2) is 31.3 Å². The van der Waals surface area contributed by atoms with Crippen molar-refractivity contribution in [1.29, 1.82) is 0 Å². The van der Waals surface area contributed by atoms with E-state index >= 15 is 0 Å². The highest BCUT2D eigenvalue weighted by Crippen LogP contribution is 2.25. The first kappa shape index (κ1) is 14.7. The largest absolute Gasteiger partial charge is 0.497 e. The fourth-order valence-electron chi connectivity index (χ4n) is 1.82. The molecule has 0 spiro atoms. The Hall–Kier alpha value is -2.70. The molecule has 0 saturated heterocycles. The van der Waals surface area contributed by atoms with E-state index in [0.29, 0.717) is 18.2 Å². The first-order valence-electron chi connectivity index (χ1n) is 6.29. The Labute approximate surface area is 123 Å². The first-order chi connectivity index (χ1) is 10.2. The van der Waals surface area contributed by atoms with Gasteiger partial charge < -0.3 is 25.3 Å². The lowest BCUT2D eigenvalue weighted by atomic mass is 10.2. The van der Waals surface area contributed by atoms with Crippen LogP contribution in [0.5, 0.6) is 17.4 Å². The summed E-state index contributed by atoms with van der Waals surface area (Å²) in [4.78, 5) is 8.02. The average molecular weight is 290 g/mol.